The molecule has 4 unspecified atom stereocenters. The van der Waals surface area contributed by atoms with E-state index in [1.165, 1.54) is 0 Å². The van der Waals surface area contributed by atoms with Gasteiger partial charge in [-0.3, -0.25) is 19.2 Å². The molecule has 4 amide bonds. The normalized spacial score (nSPS) is 15.2. The van der Waals surface area contributed by atoms with Gasteiger partial charge in [0.1, 0.15) is 18.1 Å². The summed E-state index contributed by atoms with van der Waals surface area (Å²) in [5.41, 5.74) is 10.5. The summed E-state index contributed by atoms with van der Waals surface area (Å²) in [6, 6.07) is -5.01. The summed E-state index contributed by atoms with van der Waals surface area (Å²) in [4.78, 5) is 58.9. The highest BCUT2D eigenvalue weighted by Crippen LogP contribution is 2.05. The highest BCUT2D eigenvalue weighted by atomic mass is 16.4. The molecule has 29 heavy (non-hydrogen) atoms. The van der Waals surface area contributed by atoms with E-state index in [4.69, 9.17) is 16.6 Å². The van der Waals surface area contributed by atoms with Crippen molar-refractivity contribution >= 4 is 29.6 Å². The monoisotopic (exact) mass is 417 g/mol. The number of carboxylic acids is 1. The zero-order chi connectivity index (χ0) is 22.9. The largest absolute Gasteiger partial charge is 0.480 e. The topological polar surface area (TPSA) is 214 Å². The van der Waals surface area contributed by atoms with Gasteiger partial charge in [0.05, 0.1) is 19.1 Å². The molecule has 0 rings (SSSR count). The Morgan fingerprint density at radius 2 is 1.31 bits per heavy atom. The second-order valence-corrected chi connectivity index (χ2v) is 7.32. The van der Waals surface area contributed by atoms with Crippen LogP contribution >= 0.6 is 0 Å². The van der Waals surface area contributed by atoms with Crippen LogP contribution in [0.2, 0.25) is 0 Å². The molecule has 4 atom stereocenters. The average Bonchev–Trinajstić information content (AvgIpc) is 2.59. The number of primary amides is 1. The second kappa shape index (κ2) is 12.0. The van der Waals surface area contributed by atoms with Crippen LogP contribution in [0.25, 0.3) is 0 Å². The van der Waals surface area contributed by atoms with Crippen molar-refractivity contribution in [2.45, 2.75) is 58.3 Å². The maximum atomic E-state index is 12.5. The molecule has 0 aromatic rings. The van der Waals surface area contributed by atoms with Crippen molar-refractivity contribution < 1.29 is 34.2 Å². The molecule has 12 heteroatoms. The Morgan fingerprint density at radius 1 is 0.828 bits per heavy atom. The third-order valence-electron chi connectivity index (χ3n) is 4.05. The number of carboxylic acid groups (broad SMARTS) is 1. The molecular weight excluding hydrogens is 386 g/mol. The van der Waals surface area contributed by atoms with Crippen molar-refractivity contribution in [1.82, 2.24) is 16.0 Å². The van der Waals surface area contributed by atoms with Crippen LogP contribution in [-0.2, 0) is 24.0 Å². The van der Waals surface area contributed by atoms with Crippen LogP contribution in [0.15, 0.2) is 0 Å². The molecule has 0 aliphatic rings. The highest BCUT2D eigenvalue weighted by molar-refractivity contribution is 5.95. The van der Waals surface area contributed by atoms with Gasteiger partial charge in [-0.1, -0.05) is 27.7 Å². The van der Waals surface area contributed by atoms with Crippen molar-refractivity contribution in [3.05, 3.63) is 0 Å². The molecule has 9 N–H and O–H groups in total. The minimum absolute atomic E-state index is 0.411. The Hall–Kier alpha value is -2.73. The molecule has 0 saturated heterocycles. The van der Waals surface area contributed by atoms with Gasteiger partial charge in [0.25, 0.3) is 0 Å². The number of aliphatic carboxylic acids is 1. The molecule has 0 aliphatic carbocycles. The number of carbonyl (C=O) groups excluding carboxylic acids is 4. The minimum atomic E-state index is -1.43. The number of aliphatic hydroxyl groups excluding tert-OH is 1. The summed E-state index contributed by atoms with van der Waals surface area (Å²) in [7, 11) is 0. The van der Waals surface area contributed by atoms with Gasteiger partial charge in [-0.05, 0) is 11.8 Å². The van der Waals surface area contributed by atoms with Crippen molar-refractivity contribution in [2.24, 2.45) is 23.3 Å². The van der Waals surface area contributed by atoms with Crippen LogP contribution in [-0.4, -0.2) is 70.6 Å². The standard InChI is InChI=1S/C17H31N5O7/c1-7(2)12(21-14(25)9(18)5-11(19)24)16(27)20-10(6-23)15(26)22-13(8(3)4)17(28)29/h7-10,12-13,23H,5-6,18H2,1-4H3,(H2,19,24)(H,20,27)(H,21,25)(H,22,26)(H,28,29). The van der Waals surface area contributed by atoms with E-state index >= 15 is 0 Å². The van der Waals surface area contributed by atoms with E-state index in [1.54, 1.807) is 27.7 Å². The summed E-state index contributed by atoms with van der Waals surface area (Å²) in [5, 5.41) is 25.5. The number of hydrogen-bond donors (Lipinski definition) is 7. The Balaban J connectivity index is 5.17. The van der Waals surface area contributed by atoms with Crippen LogP contribution in [0.3, 0.4) is 0 Å². The van der Waals surface area contributed by atoms with E-state index in [2.05, 4.69) is 16.0 Å². The van der Waals surface area contributed by atoms with Crippen LogP contribution in [0.1, 0.15) is 34.1 Å². The van der Waals surface area contributed by atoms with Crippen molar-refractivity contribution in [2.75, 3.05) is 6.61 Å². The predicted octanol–water partition coefficient (Wildman–Crippen LogP) is -2.97. The first-order chi connectivity index (χ1) is 13.3. The lowest BCUT2D eigenvalue weighted by Gasteiger charge is -2.26. The zero-order valence-corrected chi connectivity index (χ0v) is 17.0. The Morgan fingerprint density at radius 3 is 1.69 bits per heavy atom. The first-order valence-corrected chi connectivity index (χ1v) is 9.10. The summed E-state index contributed by atoms with van der Waals surface area (Å²) in [5.74, 6) is -5.36. The Labute approximate surface area is 168 Å². The quantitative estimate of drug-likeness (QED) is 0.174. The van der Waals surface area contributed by atoms with Crippen molar-refractivity contribution in [3.8, 4) is 0 Å². The smallest absolute Gasteiger partial charge is 0.326 e. The van der Waals surface area contributed by atoms with Crippen LogP contribution in [0, 0.1) is 11.8 Å². The Bertz CT molecular complexity index is 623. The third kappa shape index (κ3) is 8.87. The molecular formula is C17H31N5O7. The molecule has 0 fully saturated rings. The molecule has 0 saturated carbocycles. The summed E-state index contributed by atoms with van der Waals surface area (Å²) >= 11 is 0. The number of nitrogens with one attached hydrogen (secondary N) is 3. The van der Waals surface area contributed by atoms with E-state index < -0.39 is 78.6 Å². The lowest BCUT2D eigenvalue weighted by molar-refractivity contribution is -0.144. The molecule has 0 heterocycles. The lowest BCUT2D eigenvalue weighted by atomic mass is 10.0. The van der Waals surface area contributed by atoms with Gasteiger partial charge in [-0.2, -0.15) is 0 Å². The fraction of sp³-hybridized carbons (Fsp3) is 0.706. The maximum Gasteiger partial charge on any atom is 0.326 e. The van der Waals surface area contributed by atoms with Crippen LogP contribution in [0.5, 0.6) is 0 Å². The highest BCUT2D eigenvalue weighted by Gasteiger charge is 2.32. The first-order valence-electron chi connectivity index (χ1n) is 9.10. The maximum absolute atomic E-state index is 12.5. The van der Waals surface area contributed by atoms with Crippen molar-refractivity contribution in [1.29, 1.82) is 0 Å². The lowest BCUT2D eigenvalue weighted by Crippen LogP contribution is -2.59. The third-order valence-corrected chi connectivity index (χ3v) is 4.05. The molecule has 0 aromatic carbocycles. The van der Waals surface area contributed by atoms with Gasteiger partial charge in [0.2, 0.25) is 23.6 Å². The second-order valence-electron chi connectivity index (χ2n) is 7.32. The van der Waals surface area contributed by atoms with Gasteiger partial charge >= 0.3 is 5.97 Å². The summed E-state index contributed by atoms with van der Waals surface area (Å²) in [6.45, 7) is 5.63. The SMILES string of the molecule is CC(C)C(NC(=O)C(CO)NC(=O)C(NC(=O)C(N)CC(N)=O)C(C)C)C(=O)O. The van der Waals surface area contributed by atoms with E-state index in [-0.39, 0.29) is 0 Å². The van der Waals surface area contributed by atoms with Gasteiger partial charge < -0.3 is 37.6 Å². The number of carbonyl (C=O) groups is 5. The summed E-state index contributed by atoms with van der Waals surface area (Å²) in [6.07, 6.45) is -0.411. The molecule has 0 aliphatic heterocycles. The fourth-order valence-electron chi connectivity index (χ4n) is 2.33. The zero-order valence-electron chi connectivity index (χ0n) is 17.0. The molecule has 0 spiro atoms. The van der Waals surface area contributed by atoms with Gasteiger partial charge in [-0.15, -0.1) is 0 Å². The number of rotatable bonds is 12. The number of nitrogens with two attached hydrogens (primary N) is 2. The van der Waals surface area contributed by atoms with Gasteiger partial charge in [-0.25, -0.2) is 4.79 Å². The number of hydrogen-bond acceptors (Lipinski definition) is 7. The van der Waals surface area contributed by atoms with Crippen molar-refractivity contribution in [3.63, 3.8) is 0 Å². The molecule has 0 aromatic heterocycles. The number of aliphatic hydroxyl groups is 1. The minimum Gasteiger partial charge on any atom is -0.480 e. The van der Waals surface area contributed by atoms with Crippen LogP contribution in [0.4, 0.5) is 0 Å². The van der Waals surface area contributed by atoms with E-state index in [0.29, 0.717) is 0 Å². The summed E-state index contributed by atoms with van der Waals surface area (Å²) < 4.78 is 0. The van der Waals surface area contributed by atoms with Crippen LogP contribution < -0.4 is 27.4 Å². The average molecular weight is 417 g/mol. The van der Waals surface area contributed by atoms with E-state index in [1.807, 2.05) is 0 Å². The molecule has 166 valence electrons. The first kappa shape index (κ1) is 26.3. The van der Waals surface area contributed by atoms with E-state index in [9.17, 15) is 29.1 Å². The van der Waals surface area contributed by atoms with Gasteiger partial charge in [0.15, 0.2) is 0 Å². The van der Waals surface area contributed by atoms with Gasteiger partial charge in [0, 0.05) is 0 Å². The predicted molar refractivity (Wildman–Crippen MR) is 102 cm³/mol. The fourth-order valence-corrected chi connectivity index (χ4v) is 2.33. The Kier molecular flexibility index (Phi) is 10.8. The molecule has 0 bridgehead atoms. The molecule has 12 nitrogen and oxygen atoms in total. The molecule has 0 radical (unpaired) electrons. The number of amides is 4. The van der Waals surface area contributed by atoms with E-state index in [0.717, 1.165) is 0 Å².